The Labute approximate surface area is 158 Å². The van der Waals surface area contributed by atoms with Crippen LogP contribution in [-0.2, 0) is 9.57 Å². The lowest BCUT2D eigenvalue weighted by atomic mass is 10.1. The number of hydrogen-bond acceptors (Lipinski definition) is 11. The average Bonchev–Trinajstić information content (AvgIpc) is 3.34. The first-order valence-corrected chi connectivity index (χ1v) is 8.85. The Morgan fingerprint density at radius 3 is 2.82 bits per heavy atom. The molecule has 13 nitrogen and oxygen atoms in total. The van der Waals surface area contributed by atoms with Crippen LogP contribution in [0.5, 0.6) is 0 Å². The molecule has 28 heavy (non-hydrogen) atoms. The molecule has 0 radical (unpaired) electrons. The highest BCUT2D eigenvalue weighted by Gasteiger charge is 2.44. The Hall–Kier alpha value is -2.61. The van der Waals surface area contributed by atoms with E-state index in [9.17, 15) is 25.4 Å². The van der Waals surface area contributed by atoms with Crippen molar-refractivity contribution in [2.45, 2.75) is 55.9 Å². The highest BCUT2D eigenvalue weighted by Crippen LogP contribution is 2.33. The van der Waals surface area contributed by atoms with E-state index < -0.39 is 36.2 Å². The minimum atomic E-state index is -1.37. The number of fused-ring (bicyclic) bond motifs is 1. The van der Waals surface area contributed by atoms with Gasteiger partial charge in [0.2, 0.25) is 0 Å². The summed E-state index contributed by atoms with van der Waals surface area (Å²) in [5, 5.41) is 42.7. The van der Waals surface area contributed by atoms with Crippen LogP contribution in [0.4, 0.5) is 5.82 Å². The van der Waals surface area contributed by atoms with Crippen molar-refractivity contribution in [3.8, 4) is 0 Å². The SMILES string of the molecule is O=[N+]([O-])OC[C@H]1O[C@@H](n2cnc3c(N[C@H]4CC[C@H](O)C4)ncnc32)[C@H](O)[C@@H]1O. The molecule has 0 unspecified atom stereocenters. The molecular formula is C15H20N6O7. The fourth-order valence-corrected chi connectivity index (χ4v) is 3.66. The minimum Gasteiger partial charge on any atom is -0.393 e. The number of anilines is 1. The summed E-state index contributed by atoms with van der Waals surface area (Å²) in [6, 6.07) is 0.0667. The van der Waals surface area contributed by atoms with E-state index in [0.29, 0.717) is 29.8 Å². The number of nitrogens with one attached hydrogen (secondary N) is 1. The second-order valence-corrected chi connectivity index (χ2v) is 6.92. The summed E-state index contributed by atoms with van der Waals surface area (Å²) >= 11 is 0. The molecule has 13 heteroatoms. The smallest absolute Gasteiger partial charge is 0.294 e. The first-order chi connectivity index (χ1) is 13.4. The average molecular weight is 396 g/mol. The summed E-state index contributed by atoms with van der Waals surface area (Å²) in [4.78, 5) is 27.3. The van der Waals surface area contributed by atoms with Crippen molar-refractivity contribution < 1.29 is 30.0 Å². The largest absolute Gasteiger partial charge is 0.393 e. The first-order valence-electron chi connectivity index (χ1n) is 8.85. The van der Waals surface area contributed by atoms with Crippen molar-refractivity contribution in [2.75, 3.05) is 11.9 Å². The minimum absolute atomic E-state index is 0.0667. The van der Waals surface area contributed by atoms with Crippen LogP contribution in [0.1, 0.15) is 25.5 Å². The van der Waals surface area contributed by atoms with E-state index in [-0.39, 0.29) is 12.1 Å². The Morgan fingerprint density at radius 2 is 2.11 bits per heavy atom. The van der Waals surface area contributed by atoms with Gasteiger partial charge in [-0.05, 0) is 19.3 Å². The third-order valence-electron chi connectivity index (χ3n) is 5.06. The van der Waals surface area contributed by atoms with Crippen LogP contribution in [-0.4, -0.2) is 77.0 Å². The normalized spacial score (nSPS) is 32.7. The molecule has 152 valence electrons. The maximum absolute atomic E-state index is 10.4. The lowest BCUT2D eigenvalue weighted by molar-refractivity contribution is -0.759. The Kier molecular flexibility index (Phi) is 4.97. The van der Waals surface area contributed by atoms with Gasteiger partial charge >= 0.3 is 0 Å². The van der Waals surface area contributed by atoms with Crippen molar-refractivity contribution in [2.24, 2.45) is 0 Å². The molecule has 6 atom stereocenters. The van der Waals surface area contributed by atoms with Crippen molar-refractivity contribution >= 4 is 17.0 Å². The number of nitrogens with zero attached hydrogens (tertiary/aromatic N) is 5. The molecule has 4 N–H and O–H groups in total. The number of hydrogen-bond donors (Lipinski definition) is 4. The Bertz CT molecular complexity index is 863. The summed E-state index contributed by atoms with van der Waals surface area (Å²) in [6.45, 7) is -0.514. The standard InChI is InChI=1S/C15H20N6O7/c22-8-2-1-7(3-8)19-13-10-14(17-5-16-13)20(6-18-10)15-12(24)11(23)9(28-15)4-27-21(25)26/h5-9,11-12,15,22-24H,1-4H2,(H,16,17,19)/t7-,8-,9+,11+,12+,15+/m0/s1. The molecule has 0 bridgehead atoms. The Morgan fingerprint density at radius 1 is 1.29 bits per heavy atom. The van der Waals surface area contributed by atoms with Gasteiger partial charge in [0.15, 0.2) is 23.2 Å². The van der Waals surface area contributed by atoms with Crippen LogP contribution < -0.4 is 5.32 Å². The molecule has 2 aromatic heterocycles. The maximum atomic E-state index is 10.4. The van der Waals surface area contributed by atoms with E-state index in [4.69, 9.17) is 4.74 Å². The molecule has 0 aromatic carbocycles. The van der Waals surface area contributed by atoms with Gasteiger partial charge in [0.1, 0.15) is 31.2 Å². The van der Waals surface area contributed by atoms with E-state index >= 15 is 0 Å². The van der Waals surface area contributed by atoms with Crippen molar-refractivity contribution in [1.82, 2.24) is 19.5 Å². The summed E-state index contributed by atoms with van der Waals surface area (Å²) in [5.41, 5.74) is 0.808. The molecule has 0 spiro atoms. The molecule has 1 saturated heterocycles. The van der Waals surface area contributed by atoms with Gasteiger partial charge in [-0.1, -0.05) is 0 Å². The van der Waals surface area contributed by atoms with Crippen LogP contribution in [0.3, 0.4) is 0 Å². The number of aliphatic hydroxyl groups excluding tert-OH is 3. The van der Waals surface area contributed by atoms with Gasteiger partial charge in [-0.2, -0.15) is 0 Å². The zero-order valence-electron chi connectivity index (χ0n) is 14.7. The van der Waals surface area contributed by atoms with Crippen molar-refractivity contribution in [1.29, 1.82) is 0 Å². The van der Waals surface area contributed by atoms with Gasteiger partial charge in [-0.25, -0.2) is 15.0 Å². The highest BCUT2D eigenvalue weighted by atomic mass is 17.0. The summed E-state index contributed by atoms with van der Waals surface area (Å²) in [5.74, 6) is 0.490. The molecule has 1 saturated carbocycles. The van der Waals surface area contributed by atoms with Crippen molar-refractivity contribution in [3.05, 3.63) is 22.8 Å². The van der Waals surface area contributed by atoms with E-state index in [1.54, 1.807) is 0 Å². The number of aliphatic hydroxyl groups is 3. The van der Waals surface area contributed by atoms with Gasteiger partial charge in [0.25, 0.3) is 5.09 Å². The van der Waals surface area contributed by atoms with Crippen LogP contribution in [0.2, 0.25) is 0 Å². The van der Waals surface area contributed by atoms with Crippen LogP contribution in [0.25, 0.3) is 11.2 Å². The third-order valence-corrected chi connectivity index (χ3v) is 5.06. The topological polar surface area (TPSA) is 178 Å². The maximum Gasteiger partial charge on any atom is 0.294 e. The van der Waals surface area contributed by atoms with Gasteiger partial charge in [-0.3, -0.25) is 4.57 Å². The van der Waals surface area contributed by atoms with Crippen LogP contribution in [0.15, 0.2) is 12.7 Å². The lowest BCUT2D eigenvalue weighted by Crippen LogP contribution is -2.34. The summed E-state index contributed by atoms with van der Waals surface area (Å²) in [6.07, 6.45) is -0.328. The number of ether oxygens (including phenoxy) is 1. The molecule has 2 fully saturated rings. The first kappa shape index (κ1) is 18.7. The van der Waals surface area contributed by atoms with E-state index in [2.05, 4.69) is 25.1 Å². The Balaban J connectivity index is 1.56. The van der Waals surface area contributed by atoms with Gasteiger partial charge in [-0.15, -0.1) is 10.1 Å². The molecule has 1 aliphatic heterocycles. The van der Waals surface area contributed by atoms with E-state index in [1.807, 2.05) is 0 Å². The number of imidazole rings is 1. The second kappa shape index (κ2) is 7.43. The predicted octanol–water partition coefficient (Wildman–Crippen LogP) is -1.02. The fraction of sp³-hybridized carbons (Fsp3) is 0.667. The molecule has 4 rings (SSSR count). The fourth-order valence-electron chi connectivity index (χ4n) is 3.66. The summed E-state index contributed by atoms with van der Waals surface area (Å²) in [7, 11) is 0. The monoisotopic (exact) mass is 396 g/mol. The molecule has 3 heterocycles. The zero-order valence-corrected chi connectivity index (χ0v) is 14.7. The molecule has 1 aliphatic carbocycles. The molecule has 0 amide bonds. The quantitative estimate of drug-likeness (QED) is 0.347. The van der Waals surface area contributed by atoms with Crippen molar-refractivity contribution in [3.63, 3.8) is 0 Å². The number of rotatable bonds is 6. The van der Waals surface area contributed by atoms with Gasteiger partial charge in [0.05, 0.1) is 12.4 Å². The van der Waals surface area contributed by atoms with Gasteiger partial charge < -0.3 is 30.2 Å². The second-order valence-electron chi connectivity index (χ2n) is 6.92. The number of aromatic nitrogens is 4. The lowest BCUT2D eigenvalue weighted by Gasteiger charge is -2.17. The van der Waals surface area contributed by atoms with E-state index in [1.165, 1.54) is 17.2 Å². The van der Waals surface area contributed by atoms with Gasteiger partial charge in [0, 0.05) is 6.04 Å². The predicted molar refractivity (Wildman–Crippen MR) is 91.5 cm³/mol. The highest BCUT2D eigenvalue weighted by molar-refractivity contribution is 5.82. The zero-order chi connectivity index (χ0) is 19.8. The molecular weight excluding hydrogens is 376 g/mol. The molecule has 2 aliphatic rings. The third kappa shape index (κ3) is 3.44. The molecule has 2 aromatic rings. The van der Waals surface area contributed by atoms with Crippen LogP contribution in [0, 0.1) is 10.1 Å². The summed E-state index contributed by atoms with van der Waals surface area (Å²) < 4.78 is 6.99. The van der Waals surface area contributed by atoms with Crippen LogP contribution >= 0.6 is 0 Å². The van der Waals surface area contributed by atoms with E-state index in [0.717, 1.165) is 6.42 Å².